The zero-order valence-corrected chi connectivity index (χ0v) is 12.4. The summed E-state index contributed by atoms with van der Waals surface area (Å²) in [6.45, 7) is 4.27. The molecule has 0 aromatic heterocycles. The Morgan fingerprint density at radius 2 is 1.91 bits per heavy atom. The molecule has 0 fully saturated rings. The highest BCUT2D eigenvalue weighted by molar-refractivity contribution is 6.13. The summed E-state index contributed by atoms with van der Waals surface area (Å²) in [4.78, 5) is 18.0. The Kier molecular flexibility index (Phi) is 3.85. The number of para-hydroxylation sites is 1. The van der Waals surface area contributed by atoms with Crippen molar-refractivity contribution in [2.75, 3.05) is 11.4 Å². The zero-order valence-electron chi connectivity index (χ0n) is 12.4. The Morgan fingerprint density at radius 3 is 2.57 bits per heavy atom. The molecule has 0 amide bonds. The Labute approximate surface area is 133 Å². The summed E-state index contributed by atoms with van der Waals surface area (Å²) in [5.41, 5.74) is 2.20. The molecule has 0 saturated heterocycles. The number of anilines is 1. The van der Waals surface area contributed by atoms with Gasteiger partial charge in [0, 0.05) is 23.4 Å². The molecule has 116 valence electrons. The second kappa shape index (κ2) is 5.96. The molecule has 23 heavy (non-hydrogen) atoms. The summed E-state index contributed by atoms with van der Waals surface area (Å²) in [5, 5.41) is 19.0. The monoisotopic (exact) mass is 308 g/mol. The minimum absolute atomic E-state index is 0.149. The van der Waals surface area contributed by atoms with Gasteiger partial charge in [0.05, 0.1) is 0 Å². The first-order chi connectivity index (χ1) is 11.1. The highest BCUT2D eigenvalue weighted by atomic mass is 16.4. The number of fused-ring (bicyclic) bond motifs is 1. The standard InChI is InChI=1S/C18H16N2O3/c1-2-11-20-15-6-4-3-5-14(15)16(18(22)23)19-17(20)12-7-9-13(21)10-8-12/h2-10,16,21H,1,11H2,(H,22,23). The molecule has 0 bridgehead atoms. The number of aliphatic imine (C=N–C) groups is 1. The second-order valence-corrected chi connectivity index (χ2v) is 5.20. The number of phenolic OH excluding ortho intramolecular Hbond substituents is 1. The van der Waals surface area contributed by atoms with Crippen LogP contribution in [0, 0.1) is 0 Å². The number of hydrogen-bond donors (Lipinski definition) is 2. The predicted octanol–water partition coefficient (Wildman–Crippen LogP) is 2.97. The van der Waals surface area contributed by atoms with Crippen molar-refractivity contribution < 1.29 is 15.0 Å². The molecule has 3 rings (SSSR count). The number of rotatable bonds is 4. The van der Waals surface area contributed by atoms with E-state index < -0.39 is 12.0 Å². The van der Waals surface area contributed by atoms with Gasteiger partial charge >= 0.3 is 5.97 Å². The normalized spacial score (nSPS) is 16.4. The van der Waals surface area contributed by atoms with Crippen LogP contribution in [-0.2, 0) is 4.79 Å². The maximum Gasteiger partial charge on any atom is 0.333 e. The molecule has 0 aliphatic carbocycles. The largest absolute Gasteiger partial charge is 0.508 e. The van der Waals surface area contributed by atoms with E-state index in [1.165, 1.54) is 0 Å². The van der Waals surface area contributed by atoms with E-state index in [1.54, 1.807) is 36.4 Å². The van der Waals surface area contributed by atoms with E-state index in [9.17, 15) is 15.0 Å². The van der Waals surface area contributed by atoms with Crippen LogP contribution in [0.2, 0.25) is 0 Å². The Balaban J connectivity index is 2.17. The van der Waals surface area contributed by atoms with Gasteiger partial charge in [0.15, 0.2) is 6.04 Å². The number of hydrogen-bond acceptors (Lipinski definition) is 4. The van der Waals surface area contributed by atoms with Gasteiger partial charge in [-0.3, -0.25) is 0 Å². The lowest BCUT2D eigenvalue weighted by Gasteiger charge is -2.33. The van der Waals surface area contributed by atoms with E-state index in [2.05, 4.69) is 11.6 Å². The van der Waals surface area contributed by atoms with E-state index in [0.717, 1.165) is 11.3 Å². The molecule has 2 aromatic rings. The average molecular weight is 308 g/mol. The quantitative estimate of drug-likeness (QED) is 0.852. The van der Waals surface area contributed by atoms with Crippen LogP contribution in [0.15, 0.2) is 66.2 Å². The minimum atomic E-state index is -0.994. The van der Waals surface area contributed by atoms with Crippen LogP contribution in [0.4, 0.5) is 5.69 Å². The molecule has 1 unspecified atom stereocenters. The fourth-order valence-corrected chi connectivity index (χ4v) is 2.68. The third-order valence-corrected chi connectivity index (χ3v) is 3.70. The molecule has 2 N–H and O–H groups in total. The molecule has 0 spiro atoms. The van der Waals surface area contributed by atoms with Gasteiger partial charge in [-0.2, -0.15) is 0 Å². The van der Waals surface area contributed by atoms with Crippen molar-refractivity contribution >= 4 is 17.5 Å². The maximum atomic E-state index is 11.6. The van der Waals surface area contributed by atoms with Crippen molar-refractivity contribution in [2.24, 2.45) is 4.99 Å². The van der Waals surface area contributed by atoms with Crippen LogP contribution >= 0.6 is 0 Å². The van der Waals surface area contributed by atoms with Gasteiger partial charge in [0.1, 0.15) is 11.6 Å². The van der Waals surface area contributed by atoms with Crippen LogP contribution in [0.1, 0.15) is 17.2 Å². The molecule has 2 aromatic carbocycles. The fraction of sp³-hybridized carbons (Fsp3) is 0.111. The van der Waals surface area contributed by atoms with Gasteiger partial charge in [0.2, 0.25) is 0 Å². The molecule has 1 aliphatic rings. The van der Waals surface area contributed by atoms with Gasteiger partial charge in [-0.1, -0.05) is 24.3 Å². The van der Waals surface area contributed by atoms with Crippen molar-refractivity contribution in [3.05, 3.63) is 72.3 Å². The third-order valence-electron chi connectivity index (χ3n) is 3.70. The number of carboxylic acid groups (broad SMARTS) is 1. The van der Waals surface area contributed by atoms with E-state index in [-0.39, 0.29) is 5.75 Å². The van der Waals surface area contributed by atoms with E-state index in [1.807, 2.05) is 23.1 Å². The van der Waals surface area contributed by atoms with Crippen LogP contribution in [0.3, 0.4) is 0 Å². The Bertz CT molecular complexity index is 781. The minimum Gasteiger partial charge on any atom is -0.508 e. The summed E-state index contributed by atoms with van der Waals surface area (Å²) < 4.78 is 0. The van der Waals surface area contributed by atoms with Crippen LogP contribution in [0.5, 0.6) is 5.75 Å². The van der Waals surface area contributed by atoms with Crippen LogP contribution in [-0.4, -0.2) is 28.6 Å². The average Bonchev–Trinajstić information content (AvgIpc) is 2.56. The third kappa shape index (κ3) is 2.68. The van der Waals surface area contributed by atoms with Crippen LogP contribution in [0.25, 0.3) is 0 Å². The molecule has 1 aliphatic heterocycles. The van der Waals surface area contributed by atoms with Crippen molar-refractivity contribution in [1.29, 1.82) is 0 Å². The Hall–Kier alpha value is -3.08. The van der Waals surface area contributed by atoms with Crippen LogP contribution < -0.4 is 4.90 Å². The van der Waals surface area contributed by atoms with E-state index in [0.29, 0.717) is 17.9 Å². The second-order valence-electron chi connectivity index (χ2n) is 5.20. The van der Waals surface area contributed by atoms with E-state index in [4.69, 9.17) is 0 Å². The topological polar surface area (TPSA) is 73.1 Å². The lowest BCUT2D eigenvalue weighted by Crippen LogP contribution is -2.37. The summed E-state index contributed by atoms with van der Waals surface area (Å²) in [6.07, 6.45) is 1.74. The smallest absolute Gasteiger partial charge is 0.333 e. The number of benzene rings is 2. The lowest BCUT2D eigenvalue weighted by atomic mass is 10.00. The Morgan fingerprint density at radius 1 is 1.22 bits per heavy atom. The number of aliphatic carboxylic acids is 1. The molecule has 5 heteroatoms. The first-order valence-electron chi connectivity index (χ1n) is 7.19. The maximum absolute atomic E-state index is 11.6. The van der Waals surface area contributed by atoms with Crippen molar-refractivity contribution in [2.45, 2.75) is 6.04 Å². The van der Waals surface area contributed by atoms with Crippen molar-refractivity contribution in [3.63, 3.8) is 0 Å². The number of nitrogens with zero attached hydrogens (tertiary/aromatic N) is 2. The molecule has 0 saturated carbocycles. The summed E-state index contributed by atoms with van der Waals surface area (Å²) in [7, 11) is 0. The highest BCUT2D eigenvalue weighted by Crippen LogP contribution is 2.35. The van der Waals surface area contributed by atoms with Crippen molar-refractivity contribution in [1.82, 2.24) is 0 Å². The van der Waals surface area contributed by atoms with Gasteiger partial charge in [0.25, 0.3) is 0 Å². The number of carbonyl (C=O) groups is 1. The molecular formula is C18H16N2O3. The zero-order chi connectivity index (χ0) is 16.4. The lowest BCUT2D eigenvalue weighted by molar-refractivity contribution is -0.138. The molecule has 5 nitrogen and oxygen atoms in total. The van der Waals surface area contributed by atoms with Gasteiger partial charge in [-0.05, 0) is 30.3 Å². The first kappa shape index (κ1) is 14.8. The van der Waals surface area contributed by atoms with Gasteiger partial charge in [-0.25, -0.2) is 9.79 Å². The molecule has 1 atom stereocenters. The van der Waals surface area contributed by atoms with Gasteiger partial charge < -0.3 is 15.1 Å². The highest BCUT2D eigenvalue weighted by Gasteiger charge is 2.31. The van der Waals surface area contributed by atoms with Crippen molar-refractivity contribution in [3.8, 4) is 5.75 Å². The number of phenols is 1. The fourth-order valence-electron chi connectivity index (χ4n) is 2.68. The molecular weight excluding hydrogens is 292 g/mol. The summed E-state index contributed by atoms with van der Waals surface area (Å²) in [6, 6.07) is 12.9. The number of amidine groups is 1. The summed E-state index contributed by atoms with van der Waals surface area (Å²) in [5.74, 6) is -0.293. The number of carboxylic acids is 1. The molecule has 1 heterocycles. The number of aromatic hydroxyl groups is 1. The van der Waals surface area contributed by atoms with E-state index >= 15 is 0 Å². The SMILES string of the molecule is C=CCN1C(c2ccc(O)cc2)=NC(C(=O)O)c2ccccc21. The summed E-state index contributed by atoms with van der Waals surface area (Å²) >= 11 is 0. The first-order valence-corrected chi connectivity index (χ1v) is 7.19. The van der Waals surface area contributed by atoms with Gasteiger partial charge in [-0.15, -0.1) is 6.58 Å². The molecule has 0 radical (unpaired) electrons. The predicted molar refractivity (Wildman–Crippen MR) is 89.0 cm³/mol.